The highest BCUT2D eigenvalue weighted by atomic mass is 16.6. The lowest BCUT2D eigenvalue weighted by atomic mass is 9.89. The number of amides is 1. The van der Waals surface area contributed by atoms with Gasteiger partial charge in [-0.05, 0) is 52.4 Å². The number of hydrogen-bond acceptors (Lipinski definition) is 6. The first-order valence-corrected chi connectivity index (χ1v) is 9.08. The summed E-state index contributed by atoms with van der Waals surface area (Å²) in [6, 6.07) is 0. The summed E-state index contributed by atoms with van der Waals surface area (Å²) in [5.41, 5.74) is -1.08. The number of carbonyl (C=O) groups is 2. The molecule has 1 saturated heterocycles. The fourth-order valence-corrected chi connectivity index (χ4v) is 3.82. The van der Waals surface area contributed by atoms with Gasteiger partial charge in [0.1, 0.15) is 5.72 Å². The normalized spacial score (nSPS) is 22.6. The number of ether oxygens (including phenoxy) is 4. The molecule has 0 aromatic carbocycles. The zero-order valence-corrected chi connectivity index (χ0v) is 15.8. The Morgan fingerprint density at radius 1 is 1.16 bits per heavy atom. The third kappa shape index (κ3) is 4.44. The molecule has 7 heteroatoms. The topological polar surface area (TPSA) is 74.3 Å². The molecule has 1 heterocycles. The molecule has 7 nitrogen and oxygen atoms in total. The zero-order valence-electron chi connectivity index (χ0n) is 15.8. The monoisotopic (exact) mass is 357 g/mol. The van der Waals surface area contributed by atoms with E-state index in [-0.39, 0.29) is 0 Å². The summed E-state index contributed by atoms with van der Waals surface area (Å²) < 4.78 is 21.5. The van der Waals surface area contributed by atoms with Crippen LogP contribution in [0.3, 0.4) is 0 Å². The van der Waals surface area contributed by atoms with Gasteiger partial charge in [-0.1, -0.05) is 6.42 Å². The van der Waals surface area contributed by atoms with Crippen LogP contribution in [0.5, 0.6) is 0 Å². The van der Waals surface area contributed by atoms with Crippen LogP contribution in [0.25, 0.3) is 0 Å². The van der Waals surface area contributed by atoms with E-state index >= 15 is 0 Å². The Labute approximate surface area is 149 Å². The van der Waals surface area contributed by atoms with Crippen molar-refractivity contribution in [3.05, 3.63) is 0 Å². The first-order chi connectivity index (χ1) is 11.9. The van der Waals surface area contributed by atoms with Gasteiger partial charge in [-0.15, -0.1) is 0 Å². The summed E-state index contributed by atoms with van der Waals surface area (Å²) in [5.74, 6) is -0.542. The van der Waals surface area contributed by atoms with E-state index in [9.17, 15) is 9.59 Å². The molecule has 1 saturated carbocycles. The number of methoxy groups -OCH3 is 2. The van der Waals surface area contributed by atoms with E-state index < -0.39 is 29.4 Å². The van der Waals surface area contributed by atoms with Gasteiger partial charge in [-0.2, -0.15) is 0 Å². The van der Waals surface area contributed by atoms with E-state index in [1.54, 1.807) is 12.0 Å². The first kappa shape index (κ1) is 20.0. The van der Waals surface area contributed by atoms with Crippen LogP contribution in [0.15, 0.2) is 0 Å². The third-order valence-corrected chi connectivity index (χ3v) is 5.05. The van der Waals surface area contributed by atoms with Gasteiger partial charge in [0.05, 0.1) is 19.3 Å². The Hall–Kier alpha value is -1.34. The van der Waals surface area contributed by atoms with Gasteiger partial charge in [0.25, 0.3) is 0 Å². The Bertz CT molecular complexity index is 472. The van der Waals surface area contributed by atoms with Gasteiger partial charge >= 0.3 is 12.1 Å². The van der Waals surface area contributed by atoms with E-state index in [0.717, 1.165) is 32.1 Å². The highest BCUT2D eigenvalue weighted by Gasteiger charge is 2.55. The molecule has 1 spiro atoms. The molecule has 1 amide bonds. The Kier molecular flexibility index (Phi) is 6.68. The lowest BCUT2D eigenvalue weighted by molar-refractivity contribution is -0.154. The third-order valence-electron chi connectivity index (χ3n) is 5.05. The predicted molar refractivity (Wildman–Crippen MR) is 91.1 cm³/mol. The summed E-state index contributed by atoms with van der Waals surface area (Å²) in [4.78, 5) is 26.7. The van der Waals surface area contributed by atoms with Gasteiger partial charge in [0.2, 0.25) is 6.10 Å². The van der Waals surface area contributed by atoms with Crippen molar-refractivity contribution >= 4 is 12.1 Å². The predicted octanol–water partition coefficient (Wildman–Crippen LogP) is 2.86. The molecule has 0 bridgehead atoms. The fourth-order valence-electron chi connectivity index (χ4n) is 3.82. The highest BCUT2D eigenvalue weighted by molar-refractivity contribution is 5.79. The summed E-state index contributed by atoms with van der Waals surface area (Å²) in [6.45, 7) is 4.90. The second-order valence-corrected chi connectivity index (χ2v) is 7.47. The van der Waals surface area contributed by atoms with Crippen LogP contribution in [0.2, 0.25) is 0 Å². The van der Waals surface area contributed by atoms with E-state index in [2.05, 4.69) is 0 Å². The average molecular weight is 357 g/mol. The standard InChI is InChI=1S/C18H31NO6/c1-17(2)13-24-18(10-6-5-7-11-18)19(17)16(21)25-14(15(20)23-4)9-8-12-22-3/h14H,5-13H2,1-4H3. The number of hydrogen-bond donors (Lipinski definition) is 0. The van der Waals surface area contributed by atoms with Crippen molar-refractivity contribution < 1.29 is 28.5 Å². The Balaban J connectivity index is 2.12. The van der Waals surface area contributed by atoms with Crippen molar-refractivity contribution in [2.24, 2.45) is 0 Å². The smallest absolute Gasteiger partial charge is 0.413 e. The zero-order chi connectivity index (χ0) is 18.5. The maximum absolute atomic E-state index is 13.0. The summed E-state index contributed by atoms with van der Waals surface area (Å²) in [5, 5.41) is 0. The molecule has 0 N–H and O–H groups in total. The highest BCUT2D eigenvalue weighted by Crippen LogP contribution is 2.44. The number of rotatable bonds is 6. The van der Waals surface area contributed by atoms with Crippen molar-refractivity contribution in [3.8, 4) is 0 Å². The van der Waals surface area contributed by atoms with Crippen LogP contribution in [-0.2, 0) is 23.7 Å². The molecule has 0 aromatic heterocycles. The van der Waals surface area contributed by atoms with Gasteiger partial charge in [-0.25, -0.2) is 9.59 Å². The molecule has 2 fully saturated rings. The van der Waals surface area contributed by atoms with Crippen molar-refractivity contribution in [1.82, 2.24) is 4.90 Å². The Morgan fingerprint density at radius 2 is 1.84 bits per heavy atom. The number of esters is 1. The van der Waals surface area contributed by atoms with E-state index in [1.165, 1.54) is 7.11 Å². The summed E-state index contributed by atoms with van der Waals surface area (Å²) in [6.07, 6.45) is 4.35. The van der Waals surface area contributed by atoms with Crippen molar-refractivity contribution in [2.75, 3.05) is 27.4 Å². The van der Waals surface area contributed by atoms with E-state index in [4.69, 9.17) is 18.9 Å². The van der Waals surface area contributed by atoms with Crippen molar-refractivity contribution in [2.45, 2.75) is 76.2 Å². The number of carbonyl (C=O) groups excluding carboxylic acids is 2. The largest absolute Gasteiger partial charge is 0.466 e. The fraction of sp³-hybridized carbons (Fsp3) is 0.889. The molecule has 0 aromatic rings. The number of nitrogens with zero attached hydrogens (tertiary/aromatic N) is 1. The molecular formula is C18H31NO6. The van der Waals surface area contributed by atoms with Crippen molar-refractivity contribution in [3.63, 3.8) is 0 Å². The lowest BCUT2D eigenvalue weighted by Gasteiger charge is -2.43. The maximum Gasteiger partial charge on any atom is 0.413 e. The minimum Gasteiger partial charge on any atom is -0.466 e. The van der Waals surface area contributed by atoms with Crippen molar-refractivity contribution in [1.29, 1.82) is 0 Å². The molecule has 2 rings (SSSR count). The molecule has 1 unspecified atom stereocenters. The average Bonchev–Trinajstić information content (AvgIpc) is 2.84. The minimum atomic E-state index is -0.926. The SMILES string of the molecule is COCCCC(OC(=O)N1C(C)(C)COC12CCCCC2)C(=O)OC. The quantitative estimate of drug-likeness (QED) is 0.537. The van der Waals surface area contributed by atoms with Crippen LogP contribution in [-0.4, -0.2) is 61.8 Å². The van der Waals surface area contributed by atoms with Crippen LogP contribution < -0.4 is 0 Å². The second-order valence-electron chi connectivity index (χ2n) is 7.47. The van der Waals surface area contributed by atoms with E-state index in [1.807, 2.05) is 13.8 Å². The van der Waals surface area contributed by atoms with Gasteiger partial charge in [-0.3, -0.25) is 4.90 Å². The van der Waals surface area contributed by atoms with Crippen LogP contribution in [0.4, 0.5) is 4.79 Å². The Morgan fingerprint density at radius 3 is 2.44 bits per heavy atom. The lowest BCUT2D eigenvalue weighted by Crippen LogP contribution is -2.57. The van der Waals surface area contributed by atoms with Gasteiger partial charge in [0, 0.05) is 13.7 Å². The van der Waals surface area contributed by atoms with E-state index in [0.29, 0.717) is 26.1 Å². The molecule has 1 aliphatic carbocycles. The molecule has 2 aliphatic rings. The first-order valence-electron chi connectivity index (χ1n) is 9.08. The van der Waals surface area contributed by atoms with Gasteiger partial charge < -0.3 is 18.9 Å². The minimum absolute atomic E-state index is 0.369. The summed E-state index contributed by atoms with van der Waals surface area (Å²) in [7, 11) is 2.89. The molecule has 1 aliphatic heterocycles. The second kappa shape index (κ2) is 8.36. The molecule has 25 heavy (non-hydrogen) atoms. The maximum atomic E-state index is 13.0. The van der Waals surface area contributed by atoms with Crippen LogP contribution in [0.1, 0.15) is 58.8 Å². The molecular weight excluding hydrogens is 326 g/mol. The molecule has 0 radical (unpaired) electrons. The van der Waals surface area contributed by atoms with Crippen LogP contribution in [0, 0.1) is 0 Å². The molecule has 1 atom stereocenters. The molecule has 144 valence electrons. The van der Waals surface area contributed by atoms with Gasteiger partial charge in [0.15, 0.2) is 0 Å². The summed E-state index contributed by atoms with van der Waals surface area (Å²) >= 11 is 0. The van der Waals surface area contributed by atoms with Crippen LogP contribution >= 0.6 is 0 Å².